The van der Waals surface area contributed by atoms with Crippen molar-refractivity contribution in [2.24, 2.45) is 0 Å². The van der Waals surface area contributed by atoms with E-state index in [1.807, 2.05) is 22.9 Å². The summed E-state index contributed by atoms with van der Waals surface area (Å²) in [5, 5.41) is 3.98. The van der Waals surface area contributed by atoms with E-state index in [1.54, 1.807) is 13.0 Å². The lowest BCUT2D eigenvalue weighted by molar-refractivity contribution is 0.236. The van der Waals surface area contributed by atoms with E-state index in [4.69, 9.17) is 0 Å². The maximum absolute atomic E-state index is 14.8. The van der Waals surface area contributed by atoms with Crippen LogP contribution >= 0.6 is 22.9 Å². The molecule has 6 nitrogen and oxygen atoms in total. The third kappa shape index (κ3) is 2.22. The van der Waals surface area contributed by atoms with Gasteiger partial charge in [-0.3, -0.25) is 0 Å². The van der Waals surface area contributed by atoms with E-state index < -0.39 is 0 Å². The molecule has 2 aromatic rings. The summed E-state index contributed by atoms with van der Waals surface area (Å²) >= 11 is 1.94. The van der Waals surface area contributed by atoms with Crippen molar-refractivity contribution >= 4 is 45.3 Å². The van der Waals surface area contributed by atoms with E-state index in [9.17, 15) is 9.18 Å². The van der Waals surface area contributed by atoms with Crippen LogP contribution < -0.4 is 15.9 Å². The number of aryl methyl sites for hydroxylation is 1. The molecule has 0 amide bonds. The van der Waals surface area contributed by atoms with Gasteiger partial charge in [-0.2, -0.15) is 4.98 Å². The molecule has 1 saturated heterocycles. The maximum Gasteiger partial charge on any atom is 0.359 e. The topological polar surface area (TPSA) is 53.4 Å². The third-order valence-electron chi connectivity index (χ3n) is 4.96. The number of halogens is 2. The average Bonchev–Trinajstić information content (AvgIpc) is 2.67. The molecule has 1 aromatic heterocycles. The van der Waals surface area contributed by atoms with E-state index >= 15 is 0 Å². The number of fused-ring (bicyclic) bond motifs is 2. The SMILES string of the molecule is Cc1cc2c3c(nc(=O)n2I)N2C(C)CN(C)CC2CNc3c1F. The molecule has 1 aromatic carbocycles. The zero-order valence-corrected chi connectivity index (χ0v) is 16.0. The number of piperazine rings is 1. The molecule has 2 aliphatic rings. The van der Waals surface area contributed by atoms with Crippen molar-refractivity contribution in [2.75, 3.05) is 36.9 Å². The van der Waals surface area contributed by atoms with Crippen molar-refractivity contribution in [3.8, 4) is 0 Å². The van der Waals surface area contributed by atoms with Crippen molar-refractivity contribution in [1.82, 2.24) is 12.7 Å². The molecule has 0 spiro atoms. The minimum atomic E-state index is -0.318. The van der Waals surface area contributed by atoms with Crippen molar-refractivity contribution in [1.29, 1.82) is 0 Å². The summed E-state index contributed by atoms with van der Waals surface area (Å²) in [6.07, 6.45) is 0. The molecule has 0 saturated carbocycles. The number of aromatic nitrogens is 2. The number of hydrogen-bond acceptors (Lipinski definition) is 5. The predicted molar refractivity (Wildman–Crippen MR) is 102 cm³/mol. The average molecular weight is 443 g/mol. The number of hydrogen-bond donors (Lipinski definition) is 1. The predicted octanol–water partition coefficient (Wildman–Crippen LogP) is 1.98. The highest BCUT2D eigenvalue weighted by atomic mass is 127. The van der Waals surface area contributed by atoms with Gasteiger partial charge < -0.3 is 15.1 Å². The van der Waals surface area contributed by atoms with Crippen molar-refractivity contribution in [3.63, 3.8) is 0 Å². The van der Waals surface area contributed by atoms with Gasteiger partial charge in [0.25, 0.3) is 0 Å². The van der Waals surface area contributed by atoms with Crippen molar-refractivity contribution in [3.05, 3.63) is 27.9 Å². The zero-order chi connectivity index (χ0) is 17.2. The highest BCUT2D eigenvalue weighted by Gasteiger charge is 2.36. The van der Waals surface area contributed by atoms with Crippen LogP contribution in [0.4, 0.5) is 15.9 Å². The van der Waals surface area contributed by atoms with E-state index in [0.717, 1.165) is 13.1 Å². The Kier molecular flexibility index (Phi) is 3.72. The summed E-state index contributed by atoms with van der Waals surface area (Å²) in [6, 6.07) is 2.08. The van der Waals surface area contributed by atoms with E-state index in [-0.39, 0.29) is 23.6 Å². The molecule has 24 heavy (non-hydrogen) atoms. The molecule has 8 heteroatoms. The Morgan fingerprint density at radius 2 is 2.17 bits per heavy atom. The second-order valence-electron chi connectivity index (χ2n) is 6.79. The van der Waals surface area contributed by atoms with Gasteiger partial charge in [-0.05, 0) is 32.5 Å². The molecule has 0 aliphatic carbocycles. The van der Waals surface area contributed by atoms with Crippen LogP contribution in [-0.2, 0) is 0 Å². The first kappa shape index (κ1) is 16.1. The van der Waals surface area contributed by atoms with Gasteiger partial charge in [-0.1, -0.05) is 0 Å². The molecule has 1 N–H and O–H groups in total. The number of benzene rings is 1. The lowest BCUT2D eigenvalue weighted by Crippen LogP contribution is -2.59. The van der Waals surface area contributed by atoms with Crippen molar-refractivity contribution < 1.29 is 4.39 Å². The standard InChI is InChI=1S/C16H19FIN5O/c1-8-4-11-12-14(13(8)17)19-5-10-7-21(3)6-9(2)22(10)15(12)20-16(24)23(11)18/h4,9-10,19H,5-7H2,1-3H3. The zero-order valence-electron chi connectivity index (χ0n) is 13.8. The number of nitrogens with zero attached hydrogens (tertiary/aromatic N) is 4. The van der Waals surface area contributed by atoms with Crippen LogP contribution in [0.15, 0.2) is 10.9 Å². The number of rotatable bonds is 0. The summed E-state index contributed by atoms with van der Waals surface area (Å²) < 4.78 is 16.3. The summed E-state index contributed by atoms with van der Waals surface area (Å²) in [7, 11) is 2.09. The lowest BCUT2D eigenvalue weighted by atomic mass is 10.1. The molecule has 2 aliphatic heterocycles. The van der Waals surface area contributed by atoms with Crippen LogP contribution in [0.25, 0.3) is 10.9 Å². The van der Waals surface area contributed by atoms with Gasteiger partial charge in [0.15, 0.2) is 0 Å². The highest BCUT2D eigenvalue weighted by Crippen LogP contribution is 2.39. The highest BCUT2D eigenvalue weighted by molar-refractivity contribution is 14.1. The number of likely N-dealkylation sites (N-methyl/N-ethyl adjacent to an activating group) is 1. The molecule has 1 fully saturated rings. The largest absolute Gasteiger partial charge is 0.380 e. The summed E-state index contributed by atoms with van der Waals surface area (Å²) in [5.74, 6) is 0.342. The second kappa shape index (κ2) is 5.55. The number of anilines is 2. The Hall–Kier alpha value is -1.42. The van der Waals surface area contributed by atoms with Gasteiger partial charge in [0, 0.05) is 25.7 Å². The van der Waals surface area contributed by atoms with Crippen LogP contribution in [-0.4, -0.2) is 51.4 Å². The Labute approximate surface area is 153 Å². The van der Waals surface area contributed by atoms with Gasteiger partial charge in [0.1, 0.15) is 11.6 Å². The molecule has 128 valence electrons. The third-order valence-corrected chi connectivity index (χ3v) is 5.89. The quantitative estimate of drug-likeness (QED) is 0.632. The monoisotopic (exact) mass is 443 g/mol. The summed E-state index contributed by atoms with van der Waals surface area (Å²) in [4.78, 5) is 21.2. The normalized spacial score (nSPS) is 23.8. The van der Waals surface area contributed by atoms with Gasteiger partial charge >= 0.3 is 5.69 Å². The summed E-state index contributed by atoms with van der Waals surface area (Å²) in [6.45, 7) is 6.21. The van der Waals surface area contributed by atoms with E-state index in [1.165, 1.54) is 2.78 Å². The van der Waals surface area contributed by atoms with Gasteiger partial charge in [-0.15, -0.1) is 0 Å². The minimum Gasteiger partial charge on any atom is -0.380 e. The molecule has 2 atom stereocenters. The Morgan fingerprint density at radius 3 is 2.92 bits per heavy atom. The lowest BCUT2D eigenvalue weighted by Gasteiger charge is -2.44. The Morgan fingerprint density at radius 1 is 1.42 bits per heavy atom. The molecular formula is C16H19FIN5O. The van der Waals surface area contributed by atoms with Crippen LogP contribution in [0, 0.1) is 12.7 Å². The van der Waals surface area contributed by atoms with Crippen LogP contribution in [0.2, 0.25) is 0 Å². The fourth-order valence-corrected chi connectivity index (χ4v) is 4.48. The van der Waals surface area contributed by atoms with Crippen LogP contribution in [0.1, 0.15) is 12.5 Å². The maximum atomic E-state index is 14.8. The fourth-order valence-electron chi connectivity index (χ4n) is 3.99. The first-order chi connectivity index (χ1) is 11.4. The molecule has 4 rings (SSSR count). The fraction of sp³-hybridized carbons (Fsp3) is 0.500. The van der Waals surface area contributed by atoms with Crippen LogP contribution in [0.3, 0.4) is 0 Å². The second-order valence-corrected chi connectivity index (χ2v) is 7.75. The van der Waals surface area contributed by atoms with E-state index in [0.29, 0.717) is 34.5 Å². The van der Waals surface area contributed by atoms with Gasteiger partial charge in [0.2, 0.25) is 0 Å². The Balaban J connectivity index is 2.08. The number of nitrogens with one attached hydrogen (secondary N) is 1. The molecule has 0 bridgehead atoms. The summed E-state index contributed by atoms with van der Waals surface area (Å²) in [5.41, 5.74) is 1.37. The first-order valence-electron chi connectivity index (χ1n) is 8.01. The van der Waals surface area contributed by atoms with E-state index in [2.05, 4.69) is 34.1 Å². The molecule has 3 heterocycles. The van der Waals surface area contributed by atoms with Gasteiger partial charge in [-0.25, -0.2) is 12.0 Å². The molecule has 2 unspecified atom stereocenters. The smallest absolute Gasteiger partial charge is 0.359 e. The van der Waals surface area contributed by atoms with Crippen LogP contribution in [0.5, 0.6) is 0 Å². The minimum absolute atomic E-state index is 0.144. The van der Waals surface area contributed by atoms with Gasteiger partial charge in [0.05, 0.1) is 45.5 Å². The Bertz CT molecular complexity index is 898. The first-order valence-corrected chi connectivity index (χ1v) is 8.97. The molecule has 0 radical (unpaired) electrons. The van der Waals surface area contributed by atoms with Crippen molar-refractivity contribution in [2.45, 2.75) is 25.9 Å². The molecular weight excluding hydrogens is 424 g/mol.